The number of allylic oxidation sites excluding steroid dienone is 10. The van der Waals surface area contributed by atoms with Gasteiger partial charge in [-0.2, -0.15) is 0 Å². The molecule has 0 aliphatic heterocycles. The van der Waals surface area contributed by atoms with E-state index < -0.39 is 5.97 Å². The van der Waals surface area contributed by atoms with Crippen LogP contribution in [0.5, 0.6) is 0 Å². The number of aliphatic carboxylic acids is 1. The molecule has 9 atom stereocenters. The molecule has 6 nitrogen and oxygen atoms in total. The second-order valence-corrected chi connectivity index (χ2v) is 19.2. The van der Waals surface area contributed by atoms with Crippen molar-refractivity contribution in [2.75, 3.05) is 6.54 Å². The lowest BCUT2D eigenvalue weighted by Crippen LogP contribution is -2.54. The topological polar surface area (TPSA) is 92.7 Å². The van der Waals surface area contributed by atoms with Crippen molar-refractivity contribution < 1.29 is 24.2 Å². The third kappa shape index (κ3) is 15.0. The summed E-state index contributed by atoms with van der Waals surface area (Å²) in [5.41, 5.74) is 0.694. The van der Waals surface area contributed by atoms with E-state index >= 15 is 0 Å². The molecule has 2 N–H and O–H groups in total. The summed E-state index contributed by atoms with van der Waals surface area (Å²) >= 11 is 0. The average molecular weight is 802 g/mol. The van der Waals surface area contributed by atoms with Crippen LogP contribution in [-0.4, -0.2) is 35.6 Å². The van der Waals surface area contributed by atoms with E-state index in [1.165, 1.54) is 83.5 Å². The van der Waals surface area contributed by atoms with E-state index in [2.05, 4.69) is 93.8 Å². The Morgan fingerprint density at radius 2 is 1.28 bits per heavy atom. The first kappa shape index (κ1) is 47.8. The standard InChI is InChI=1S/C52H83NO5/c1-5-6-7-8-9-10-11-12-13-14-15-16-17-18-19-20-21-22-23-24-25-26-27-28-50(57)58-43-35-37-51(3)42(39-43)30-31-44-46-33-32-45(52(46,4)38-36-47(44)51)41(2)29-34-48(54)53-40-49(55)56/h6-7,9-10,12-13,15-16,18-19,41-47H,5,8,11,14,17,20-40H2,1-4H3,(H,53,54)(H,55,56)/b7-6-,10-9-,13-12-,16-15-,19-18-. The average Bonchev–Trinajstić information content (AvgIpc) is 3.57. The Morgan fingerprint density at radius 1 is 0.690 bits per heavy atom. The summed E-state index contributed by atoms with van der Waals surface area (Å²) in [6.07, 6.45) is 50.2. The van der Waals surface area contributed by atoms with Crippen LogP contribution in [0.1, 0.15) is 188 Å². The van der Waals surface area contributed by atoms with Gasteiger partial charge in [-0.1, -0.05) is 121 Å². The van der Waals surface area contributed by atoms with Gasteiger partial charge in [-0.05, 0) is 162 Å². The van der Waals surface area contributed by atoms with Gasteiger partial charge in [-0.15, -0.1) is 0 Å². The minimum Gasteiger partial charge on any atom is -0.480 e. The van der Waals surface area contributed by atoms with Gasteiger partial charge in [0.15, 0.2) is 0 Å². The highest BCUT2D eigenvalue weighted by atomic mass is 16.5. The number of amides is 1. The molecular formula is C52H83NO5. The first-order chi connectivity index (χ1) is 28.1. The quantitative estimate of drug-likeness (QED) is 0.0516. The Bertz CT molecular complexity index is 1390. The van der Waals surface area contributed by atoms with Crippen molar-refractivity contribution in [1.82, 2.24) is 5.32 Å². The van der Waals surface area contributed by atoms with Crippen molar-refractivity contribution in [3.05, 3.63) is 60.8 Å². The number of unbranched alkanes of at least 4 members (excludes halogenated alkanes) is 7. The van der Waals surface area contributed by atoms with Gasteiger partial charge in [0.05, 0.1) is 0 Å². The summed E-state index contributed by atoms with van der Waals surface area (Å²) in [5, 5.41) is 11.4. The molecule has 4 fully saturated rings. The molecular weight excluding hydrogens is 719 g/mol. The fourth-order valence-corrected chi connectivity index (χ4v) is 12.2. The SMILES string of the molecule is CC/C=C\C/C=C\C/C=C\C/C=C\C/C=C\CCCCCCCCCC(=O)OC1CCC2(C)C(CCC3C2CCC2(C)C(C(C)CCC(=O)NCC(=O)O)CCC32)C1. The first-order valence-electron chi connectivity index (χ1n) is 24.0. The molecule has 0 aromatic carbocycles. The minimum atomic E-state index is -0.992. The van der Waals surface area contributed by atoms with Gasteiger partial charge >= 0.3 is 11.9 Å². The molecule has 0 aromatic rings. The van der Waals surface area contributed by atoms with Crippen LogP contribution in [-0.2, 0) is 19.1 Å². The van der Waals surface area contributed by atoms with E-state index in [9.17, 15) is 14.4 Å². The first-order valence-corrected chi connectivity index (χ1v) is 24.0. The number of fused-ring (bicyclic) bond motifs is 5. The number of carboxylic acid groups (broad SMARTS) is 1. The third-order valence-electron chi connectivity index (χ3n) is 15.3. The monoisotopic (exact) mass is 802 g/mol. The largest absolute Gasteiger partial charge is 0.480 e. The molecule has 6 heteroatoms. The van der Waals surface area contributed by atoms with Gasteiger partial charge in [-0.3, -0.25) is 14.4 Å². The number of hydrogen-bond donors (Lipinski definition) is 2. The molecule has 1 amide bonds. The van der Waals surface area contributed by atoms with Crippen molar-refractivity contribution in [2.45, 2.75) is 194 Å². The van der Waals surface area contributed by atoms with E-state index in [0.29, 0.717) is 41.4 Å². The second kappa shape index (κ2) is 25.7. The molecule has 4 saturated carbocycles. The summed E-state index contributed by atoms with van der Waals surface area (Å²) in [6.45, 7) is 9.35. The number of hydrogen-bond acceptors (Lipinski definition) is 4. The molecule has 0 radical (unpaired) electrons. The highest BCUT2D eigenvalue weighted by Gasteiger charge is 2.60. The molecule has 0 bridgehead atoms. The van der Waals surface area contributed by atoms with Crippen LogP contribution in [0.2, 0.25) is 0 Å². The highest BCUT2D eigenvalue weighted by Crippen LogP contribution is 2.68. The van der Waals surface area contributed by atoms with Gasteiger partial charge in [0.2, 0.25) is 5.91 Å². The maximum absolute atomic E-state index is 12.9. The molecule has 4 aliphatic carbocycles. The molecule has 0 heterocycles. The Morgan fingerprint density at radius 3 is 1.93 bits per heavy atom. The number of ether oxygens (including phenoxy) is 1. The van der Waals surface area contributed by atoms with Crippen molar-refractivity contribution in [1.29, 1.82) is 0 Å². The summed E-state index contributed by atoms with van der Waals surface area (Å²) in [5.74, 6) is 2.98. The Balaban J connectivity index is 1.02. The Kier molecular flexibility index (Phi) is 21.1. The normalized spacial score (nSPS) is 30.3. The molecule has 4 rings (SSSR count). The predicted molar refractivity (Wildman–Crippen MR) is 240 cm³/mol. The maximum Gasteiger partial charge on any atom is 0.322 e. The third-order valence-corrected chi connectivity index (χ3v) is 15.3. The molecule has 0 spiro atoms. The number of carbonyl (C=O) groups is 3. The van der Waals surface area contributed by atoms with Gasteiger partial charge in [0.1, 0.15) is 12.6 Å². The summed E-state index contributed by atoms with van der Waals surface area (Å²) in [4.78, 5) is 36.0. The van der Waals surface area contributed by atoms with Crippen LogP contribution in [0.3, 0.4) is 0 Å². The number of carbonyl (C=O) groups excluding carboxylic acids is 2. The molecule has 4 aliphatic rings. The summed E-state index contributed by atoms with van der Waals surface area (Å²) < 4.78 is 6.15. The number of carboxylic acids is 1. The van der Waals surface area contributed by atoms with Gasteiger partial charge < -0.3 is 15.2 Å². The van der Waals surface area contributed by atoms with Crippen molar-refractivity contribution >= 4 is 17.8 Å². The molecule has 58 heavy (non-hydrogen) atoms. The minimum absolute atomic E-state index is 0.0262. The van der Waals surface area contributed by atoms with Gasteiger partial charge in [-0.25, -0.2) is 0 Å². The zero-order valence-corrected chi connectivity index (χ0v) is 37.3. The summed E-state index contributed by atoms with van der Waals surface area (Å²) in [7, 11) is 0. The van der Waals surface area contributed by atoms with Crippen LogP contribution < -0.4 is 5.32 Å². The van der Waals surface area contributed by atoms with Crippen LogP contribution >= 0.6 is 0 Å². The predicted octanol–water partition coefficient (Wildman–Crippen LogP) is 13.4. The van der Waals surface area contributed by atoms with Crippen LogP contribution in [0.15, 0.2) is 60.8 Å². The second-order valence-electron chi connectivity index (χ2n) is 19.2. The Hall–Kier alpha value is -2.89. The fourth-order valence-electron chi connectivity index (χ4n) is 12.2. The van der Waals surface area contributed by atoms with Crippen molar-refractivity contribution in [3.63, 3.8) is 0 Å². The molecule has 0 aromatic heterocycles. The zero-order valence-electron chi connectivity index (χ0n) is 37.3. The van der Waals surface area contributed by atoms with E-state index in [-0.39, 0.29) is 24.5 Å². The lowest BCUT2D eigenvalue weighted by atomic mass is 9.44. The highest BCUT2D eigenvalue weighted by molar-refractivity contribution is 5.81. The fraction of sp³-hybridized carbons (Fsp3) is 0.750. The van der Waals surface area contributed by atoms with E-state index in [4.69, 9.17) is 9.84 Å². The number of nitrogens with one attached hydrogen (secondary N) is 1. The smallest absolute Gasteiger partial charge is 0.322 e. The van der Waals surface area contributed by atoms with E-state index in [1.54, 1.807) is 0 Å². The van der Waals surface area contributed by atoms with Crippen LogP contribution in [0, 0.1) is 46.3 Å². The van der Waals surface area contributed by atoms with E-state index in [1.807, 2.05) is 0 Å². The lowest BCUT2D eigenvalue weighted by Gasteiger charge is -2.61. The van der Waals surface area contributed by atoms with E-state index in [0.717, 1.165) is 82.0 Å². The lowest BCUT2D eigenvalue weighted by molar-refractivity contribution is -0.162. The Labute approximate surface area is 354 Å². The van der Waals surface area contributed by atoms with Crippen molar-refractivity contribution in [2.24, 2.45) is 46.3 Å². The number of esters is 1. The van der Waals surface area contributed by atoms with Crippen molar-refractivity contribution in [3.8, 4) is 0 Å². The molecule has 326 valence electrons. The van der Waals surface area contributed by atoms with Crippen LogP contribution in [0.4, 0.5) is 0 Å². The van der Waals surface area contributed by atoms with Gasteiger partial charge in [0, 0.05) is 12.8 Å². The molecule has 9 unspecified atom stereocenters. The van der Waals surface area contributed by atoms with Crippen LogP contribution in [0.25, 0.3) is 0 Å². The zero-order chi connectivity index (χ0) is 41.6. The maximum atomic E-state index is 12.9. The van der Waals surface area contributed by atoms with Gasteiger partial charge in [0.25, 0.3) is 0 Å². The summed E-state index contributed by atoms with van der Waals surface area (Å²) in [6, 6.07) is 0. The number of rotatable bonds is 26. The molecule has 0 saturated heterocycles.